The van der Waals surface area contributed by atoms with E-state index in [0.29, 0.717) is 5.69 Å². The van der Waals surface area contributed by atoms with Crippen molar-refractivity contribution in [2.24, 2.45) is 0 Å². The summed E-state index contributed by atoms with van der Waals surface area (Å²) in [6.45, 7) is 3.54. The van der Waals surface area contributed by atoms with E-state index in [1.165, 1.54) is 7.05 Å². The van der Waals surface area contributed by atoms with E-state index in [1.54, 1.807) is 41.0 Å². The SMILES string of the molecule is CC(C)n1c(=O)sc2cc(NC(=O)CN(C)S(=O)(=O)c3ccc4ccccc4c3)ccc21. The Bertz CT molecular complexity index is 1490. The summed E-state index contributed by atoms with van der Waals surface area (Å²) < 4.78 is 29.4. The standard InChI is InChI=1S/C23H23N3O4S2/c1-15(2)26-20-11-9-18(13-21(20)31-23(26)28)24-22(27)14-25(3)32(29,30)19-10-8-16-6-4-5-7-17(16)12-19/h4-13,15H,14H2,1-3H3,(H,24,27). The molecular weight excluding hydrogens is 446 g/mol. The smallest absolute Gasteiger partial charge is 0.308 e. The van der Waals surface area contributed by atoms with Crippen molar-refractivity contribution in [2.75, 3.05) is 18.9 Å². The fourth-order valence-corrected chi connectivity index (χ4v) is 5.81. The molecule has 0 unspecified atom stereocenters. The Balaban J connectivity index is 1.51. The van der Waals surface area contributed by atoms with Gasteiger partial charge in [0.2, 0.25) is 15.9 Å². The summed E-state index contributed by atoms with van der Waals surface area (Å²) in [7, 11) is -2.46. The zero-order chi connectivity index (χ0) is 23.0. The molecule has 0 saturated heterocycles. The highest BCUT2D eigenvalue weighted by molar-refractivity contribution is 7.89. The molecule has 0 aliphatic carbocycles. The van der Waals surface area contributed by atoms with Crippen molar-refractivity contribution in [3.63, 3.8) is 0 Å². The van der Waals surface area contributed by atoms with E-state index in [1.807, 2.05) is 38.1 Å². The number of sulfonamides is 1. The number of hydrogen-bond acceptors (Lipinski definition) is 5. The number of thiazole rings is 1. The Morgan fingerprint density at radius 2 is 1.78 bits per heavy atom. The molecule has 0 bridgehead atoms. The molecule has 0 saturated carbocycles. The van der Waals surface area contributed by atoms with Gasteiger partial charge in [-0.05, 0) is 55.0 Å². The second-order valence-electron chi connectivity index (χ2n) is 7.83. The van der Waals surface area contributed by atoms with Gasteiger partial charge in [0, 0.05) is 18.8 Å². The summed E-state index contributed by atoms with van der Waals surface area (Å²) in [5, 5.41) is 4.48. The van der Waals surface area contributed by atoms with Crippen molar-refractivity contribution < 1.29 is 13.2 Å². The van der Waals surface area contributed by atoms with Gasteiger partial charge in [0.25, 0.3) is 0 Å². The Morgan fingerprint density at radius 3 is 2.50 bits per heavy atom. The van der Waals surface area contributed by atoms with Crippen LogP contribution in [0.25, 0.3) is 21.0 Å². The quantitative estimate of drug-likeness (QED) is 0.461. The van der Waals surface area contributed by atoms with Gasteiger partial charge < -0.3 is 5.32 Å². The lowest BCUT2D eigenvalue weighted by atomic mass is 10.1. The van der Waals surface area contributed by atoms with Crippen molar-refractivity contribution in [1.29, 1.82) is 0 Å². The normalized spacial score (nSPS) is 12.2. The predicted molar refractivity (Wildman–Crippen MR) is 129 cm³/mol. The summed E-state index contributed by atoms with van der Waals surface area (Å²) >= 11 is 1.11. The fraction of sp³-hybridized carbons (Fsp3) is 0.217. The molecule has 0 spiro atoms. The van der Waals surface area contributed by atoms with Crippen molar-refractivity contribution in [1.82, 2.24) is 8.87 Å². The van der Waals surface area contributed by atoms with Crippen molar-refractivity contribution in [3.05, 3.63) is 70.3 Å². The minimum atomic E-state index is -3.83. The van der Waals surface area contributed by atoms with E-state index < -0.39 is 15.9 Å². The molecule has 32 heavy (non-hydrogen) atoms. The van der Waals surface area contributed by atoms with E-state index >= 15 is 0 Å². The van der Waals surface area contributed by atoms with Crippen LogP contribution in [0, 0.1) is 0 Å². The van der Waals surface area contributed by atoms with Gasteiger partial charge >= 0.3 is 4.87 Å². The maximum atomic E-state index is 13.0. The third-order valence-electron chi connectivity index (χ3n) is 5.21. The molecule has 0 fully saturated rings. The monoisotopic (exact) mass is 469 g/mol. The molecule has 3 aromatic carbocycles. The summed E-state index contributed by atoms with van der Waals surface area (Å²) in [6.07, 6.45) is 0. The number of carbonyl (C=O) groups excluding carboxylic acids is 1. The van der Waals surface area contributed by atoms with Gasteiger partial charge in [-0.1, -0.05) is 41.7 Å². The number of carbonyl (C=O) groups is 1. The van der Waals surface area contributed by atoms with Crippen molar-refractivity contribution in [2.45, 2.75) is 24.8 Å². The van der Waals surface area contributed by atoms with Gasteiger partial charge in [0.15, 0.2) is 0 Å². The number of likely N-dealkylation sites (N-methyl/N-ethyl adjacent to an activating group) is 1. The second kappa shape index (κ2) is 8.50. The molecule has 1 aromatic heterocycles. The maximum absolute atomic E-state index is 13.0. The van der Waals surface area contributed by atoms with E-state index in [9.17, 15) is 18.0 Å². The molecule has 7 nitrogen and oxygen atoms in total. The van der Waals surface area contributed by atoms with Gasteiger partial charge in [-0.2, -0.15) is 4.31 Å². The lowest BCUT2D eigenvalue weighted by Gasteiger charge is -2.17. The van der Waals surface area contributed by atoms with Gasteiger partial charge in [-0.3, -0.25) is 14.2 Å². The zero-order valence-electron chi connectivity index (χ0n) is 17.9. The number of rotatable bonds is 6. The van der Waals surface area contributed by atoms with E-state index in [-0.39, 0.29) is 22.4 Å². The van der Waals surface area contributed by atoms with Crippen LogP contribution in [0.15, 0.2) is 70.4 Å². The first-order chi connectivity index (χ1) is 15.2. The third kappa shape index (κ3) is 4.19. The molecule has 0 aliphatic rings. The van der Waals surface area contributed by atoms with Crippen LogP contribution < -0.4 is 10.2 Å². The minimum absolute atomic E-state index is 0.0330. The fourth-order valence-electron chi connectivity index (χ4n) is 3.60. The number of hydrogen-bond donors (Lipinski definition) is 1. The molecule has 4 rings (SSSR count). The number of nitrogens with one attached hydrogen (secondary N) is 1. The number of amides is 1. The predicted octanol–water partition coefficient (Wildman–Crippen LogP) is 4.06. The molecule has 0 aliphatic heterocycles. The van der Waals surface area contributed by atoms with Gasteiger partial charge in [0.05, 0.1) is 21.7 Å². The summed E-state index contributed by atoms with van der Waals surface area (Å²) in [5.41, 5.74) is 1.32. The molecule has 166 valence electrons. The average molecular weight is 470 g/mol. The second-order valence-corrected chi connectivity index (χ2v) is 10.9. The molecule has 1 heterocycles. The molecule has 4 aromatic rings. The molecular formula is C23H23N3O4S2. The van der Waals surface area contributed by atoms with Crippen LogP contribution in [0.1, 0.15) is 19.9 Å². The van der Waals surface area contributed by atoms with Crippen LogP contribution in [-0.2, 0) is 14.8 Å². The number of nitrogens with zero attached hydrogens (tertiary/aromatic N) is 2. The highest BCUT2D eigenvalue weighted by atomic mass is 32.2. The number of fused-ring (bicyclic) bond motifs is 2. The topological polar surface area (TPSA) is 88.5 Å². The number of benzene rings is 3. The van der Waals surface area contributed by atoms with Crippen molar-refractivity contribution in [3.8, 4) is 0 Å². The van der Waals surface area contributed by atoms with Crippen LogP contribution in [0.4, 0.5) is 5.69 Å². The van der Waals surface area contributed by atoms with E-state index in [2.05, 4.69) is 5.32 Å². The third-order valence-corrected chi connectivity index (χ3v) is 7.93. The molecule has 0 radical (unpaired) electrons. The maximum Gasteiger partial charge on any atom is 0.308 e. The molecule has 1 amide bonds. The molecule has 1 N–H and O–H groups in total. The van der Waals surface area contributed by atoms with Crippen LogP contribution in [0.3, 0.4) is 0 Å². The first-order valence-electron chi connectivity index (χ1n) is 10.1. The van der Waals surface area contributed by atoms with E-state index in [0.717, 1.165) is 36.6 Å². The van der Waals surface area contributed by atoms with Gasteiger partial charge in [-0.25, -0.2) is 8.42 Å². The summed E-state index contributed by atoms with van der Waals surface area (Å²) in [4.78, 5) is 24.8. The first-order valence-corrected chi connectivity index (χ1v) is 12.3. The summed E-state index contributed by atoms with van der Waals surface area (Å²) in [6, 6.07) is 17.7. The highest BCUT2D eigenvalue weighted by Gasteiger charge is 2.23. The highest BCUT2D eigenvalue weighted by Crippen LogP contribution is 2.25. The average Bonchev–Trinajstić information content (AvgIpc) is 3.08. The molecule has 9 heteroatoms. The van der Waals surface area contributed by atoms with E-state index in [4.69, 9.17) is 0 Å². The van der Waals surface area contributed by atoms with Crippen LogP contribution in [0.5, 0.6) is 0 Å². The Morgan fingerprint density at radius 1 is 1.06 bits per heavy atom. The minimum Gasteiger partial charge on any atom is -0.325 e. The van der Waals surface area contributed by atoms with Crippen molar-refractivity contribution >= 4 is 53.9 Å². The molecule has 0 atom stereocenters. The summed E-state index contributed by atoms with van der Waals surface area (Å²) in [5.74, 6) is -0.466. The van der Waals surface area contributed by atoms with Gasteiger partial charge in [-0.15, -0.1) is 0 Å². The Hall–Kier alpha value is -3.01. The zero-order valence-corrected chi connectivity index (χ0v) is 19.5. The largest absolute Gasteiger partial charge is 0.325 e. The van der Waals surface area contributed by atoms with Crippen LogP contribution in [-0.4, -0.2) is 36.8 Å². The number of aromatic nitrogens is 1. The Kier molecular flexibility index (Phi) is 5.89. The lowest BCUT2D eigenvalue weighted by molar-refractivity contribution is -0.116. The Labute approximate surface area is 190 Å². The van der Waals surface area contributed by atoms with Crippen LogP contribution in [0.2, 0.25) is 0 Å². The lowest BCUT2D eigenvalue weighted by Crippen LogP contribution is -2.34. The first kappa shape index (κ1) is 22.2. The number of anilines is 1. The van der Waals surface area contributed by atoms with Gasteiger partial charge in [0.1, 0.15) is 0 Å². The van der Waals surface area contributed by atoms with Crippen LogP contribution >= 0.6 is 11.3 Å².